The molecule has 0 saturated heterocycles. The molecule has 4 saturated carbocycles. The lowest BCUT2D eigenvalue weighted by atomic mass is 9.49. The highest BCUT2D eigenvalue weighted by Crippen LogP contribution is 2.60. The molecule has 0 aliphatic heterocycles. The summed E-state index contributed by atoms with van der Waals surface area (Å²) in [4.78, 5) is 13.2. The van der Waals surface area contributed by atoms with Crippen LogP contribution in [0.5, 0.6) is 5.75 Å². The molecule has 0 atom stereocenters. The number of anilines is 1. The van der Waals surface area contributed by atoms with Crippen molar-refractivity contribution in [2.75, 3.05) is 5.32 Å². The van der Waals surface area contributed by atoms with Gasteiger partial charge in [0, 0.05) is 11.8 Å². The SMILES string of the molecule is O=C(Nc1cccc(OCc2ccccc2)c1)C12CC3CC(CC(C3)C1)C2. The minimum Gasteiger partial charge on any atom is -0.489 e. The molecule has 0 spiro atoms. The number of carbonyl (C=O) groups is 1. The van der Waals surface area contributed by atoms with Crippen LogP contribution in [0, 0.1) is 23.2 Å². The van der Waals surface area contributed by atoms with E-state index in [-0.39, 0.29) is 11.3 Å². The first kappa shape index (κ1) is 16.9. The summed E-state index contributed by atoms with van der Waals surface area (Å²) in [6, 6.07) is 18.0. The molecule has 4 fully saturated rings. The van der Waals surface area contributed by atoms with E-state index in [4.69, 9.17) is 4.74 Å². The molecule has 2 aromatic rings. The van der Waals surface area contributed by atoms with Gasteiger partial charge in [0.15, 0.2) is 0 Å². The monoisotopic (exact) mass is 361 g/mol. The van der Waals surface area contributed by atoms with E-state index in [1.165, 1.54) is 19.3 Å². The molecule has 3 nitrogen and oxygen atoms in total. The first-order valence-corrected chi connectivity index (χ1v) is 10.3. The fourth-order valence-corrected chi connectivity index (χ4v) is 6.06. The molecule has 4 bridgehead atoms. The number of benzene rings is 2. The Morgan fingerprint density at radius 2 is 1.59 bits per heavy atom. The Hall–Kier alpha value is -2.29. The maximum atomic E-state index is 13.2. The summed E-state index contributed by atoms with van der Waals surface area (Å²) in [5, 5.41) is 3.22. The summed E-state index contributed by atoms with van der Waals surface area (Å²) in [7, 11) is 0. The van der Waals surface area contributed by atoms with Gasteiger partial charge < -0.3 is 10.1 Å². The smallest absolute Gasteiger partial charge is 0.230 e. The van der Waals surface area contributed by atoms with Gasteiger partial charge in [-0.2, -0.15) is 0 Å². The number of nitrogens with one attached hydrogen (secondary N) is 1. The molecule has 4 aliphatic rings. The lowest BCUT2D eigenvalue weighted by molar-refractivity contribution is -0.140. The van der Waals surface area contributed by atoms with Crippen LogP contribution in [0.25, 0.3) is 0 Å². The number of amides is 1. The van der Waals surface area contributed by atoms with Crippen LogP contribution in [0.15, 0.2) is 54.6 Å². The lowest BCUT2D eigenvalue weighted by Crippen LogP contribution is -2.51. The van der Waals surface area contributed by atoms with Gasteiger partial charge in [-0.05, 0) is 74.0 Å². The maximum absolute atomic E-state index is 13.2. The fourth-order valence-electron chi connectivity index (χ4n) is 6.06. The highest BCUT2D eigenvalue weighted by Gasteiger charge is 2.54. The highest BCUT2D eigenvalue weighted by molar-refractivity contribution is 5.95. The van der Waals surface area contributed by atoms with Crippen molar-refractivity contribution in [3.8, 4) is 5.75 Å². The zero-order chi connectivity index (χ0) is 18.3. The van der Waals surface area contributed by atoms with E-state index >= 15 is 0 Å². The van der Waals surface area contributed by atoms with E-state index < -0.39 is 0 Å². The quantitative estimate of drug-likeness (QED) is 0.772. The van der Waals surface area contributed by atoms with Crippen LogP contribution in [0.1, 0.15) is 44.1 Å². The Bertz CT molecular complexity index is 794. The summed E-state index contributed by atoms with van der Waals surface area (Å²) in [5.74, 6) is 3.37. The molecule has 3 heteroatoms. The average Bonchev–Trinajstić information content (AvgIpc) is 2.66. The van der Waals surface area contributed by atoms with E-state index in [9.17, 15) is 4.79 Å². The second-order valence-electron chi connectivity index (χ2n) is 8.95. The van der Waals surface area contributed by atoms with Crippen molar-refractivity contribution in [2.45, 2.75) is 45.1 Å². The molecule has 27 heavy (non-hydrogen) atoms. The summed E-state index contributed by atoms with van der Waals surface area (Å²) in [6.45, 7) is 0.535. The molecular weight excluding hydrogens is 334 g/mol. The van der Waals surface area contributed by atoms with Crippen LogP contribution in [0.3, 0.4) is 0 Å². The van der Waals surface area contributed by atoms with E-state index in [2.05, 4.69) is 17.4 Å². The zero-order valence-electron chi connectivity index (χ0n) is 15.7. The average molecular weight is 361 g/mol. The van der Waals surface area contributed by atoms with Gasteiger partial charge in [-0.3, -0.25) is 4.79 Å². The Morgan fingerprint density at radius 1 is 0.926 bits per heavy atom. The molecule has 140 valence electrons. The van der Waals surface area contributed by atoms with Gasteiger partial charge in [-0.25, -0.2) is 0 Å². The van der Waals surface area contributed by atoms with Crippen LogP contribution in [-0.4, -0.2) is 5.91 Å². The molecule has 0 aromatic heterocycles. The van der Waals surface area contributed by atoms with Gasteiger partial charge in [-0.1, -0.05) is 36.4 Å². The van der Waals surface area contributed by atoms with Gasteiger partial charge in [-0.15, -0.1) is 0 Å². The third kappa shape index (κ3) is 3.36. The van der Waals surface area contributed by atoms with Crippen molar-refractivity contribution in [3.63, 3.8) is 0 Å². The van der Waals surface area contributed by atoms with Crippen molar-refractivity contribution in [2.24, 2.45) is 23.2 Å². The molecule has 0 heterocycles. The van der Waals surface area contributed by atoms with E-state index in [1.807, 2.05) is 42.5 Å². The molecule has 1 N–H and O–H groups in total. The van der Waals surface area contributed by atoms with Gasteiger partial charge >= 0.3 is 0 Å². The van der Waals surface area contributed by atoms with Crippen LogP contribution in [0.2, 0.25) is 0 Å². The predicted molar refractivity (Wildman–Crippen MR) is 106 cm³/mol. The van der Waals surface area contributed by atoms with Crippen molar-refractivity contribution in [3.05, 3.63) is 60.2 Å². The van der Waals surface area contributed by atoms with E-state index in [0.29, 0.717) is 6.61 Å². The standard InChI is InChI=1S/C24H27NO2/c26-23(24-13-18-9-19(14-24)11-20(10-18)15-24)25-21-7-4-8-22(12-21)27-16-17-5-2-1-3-6-17/h1-8,12,18-20H,9-11,13-16H2,(H,25,26). The van der Waals surface area contributed by atoms with Crippen molar-refractivity contribution in [1.82, 2.24) is 0 Å². The largest absolute Gasteiger partial charge is 0.489 e. The second-order valence-corrected chi connectivity index (χ2v) is 8.95. The Morgan fingerprint density at radius 3 is 2.26 bits per heavy atom. The Labute approximate surface area is 161 Å². The number of hydrogen-bond donors (Lipinski definition) is 1. The van der Waals surface area contributed by atoms with Crippen LogP contribution in [-0.2, 0) is 11.4 Å². The molecule has 4 aliphatic carbocycles. The van der Waals surface area contributed by atoms with E-state index in [0.717, 1.165) is 54.0 Å². The zero-order valence-corrected chi connectivity index (χ0v) is 15.7. The van der Waals surface area contributed by atoms with Crippen molar-refractivity contribution < 1.29 is 9.53 Å². The summed E-state index contributed by atoms with van der Waals surface area (Å²) >= 11 is 0. The number of ether oxygens (including phenoxy) is 1. The Balaban J connectivity index is 1.26. The van der Waals surface area contributed by atoms with Gasteiger partial charge in [0.1, 0.15) is 12.4 Å². The summed E-state index contributed by atoms with van der Waals surface area (Å²) in [6.07, 6.45) is 7.35. The lowest BCUT2D eigenvalue weighted by Gasteiger charge is -2.55. The van der Waals surface area contributed by atoms with Crippen molar-refractivity contribution >= 4 is 11.6 Å². The molecule has 6 rings (SSSR count). The summed E-state index contributed by atoms with van der Waals surface area (Å²) < 4.78 is 5.91. The molecule has 0 unspecified atom stereocenters. The van der Waals surface area contributed by atoms with Crippen molar-refractivity contribution in [1.29, 1.82) is 0 Å². The number of hydrogen-bond acceptors (Lipinski definition) is 2. The first-order valence-electron chi connectivity index (χ1n) is 10.3. The van der Waals surface area contributed by atoms with Gasteiger partial charge in [0.05, 0.1) is 5.41 Å². The highest BCUT2D eigenvalue weighted by atomic mass is 16.5. The molecular formula is C24H27NO2. The van der Waals surface area contributed by atoms with Gasteiger partial charge in [0.2, 0.25) is 5.91 Å². The third-order valence-corrected chi connectivity index (χ3v) is 6.86. The summed E-state index contributed by atoms with van der Waals surface area (Å²) in [5.41, 5.74) is 1.87. The molecule has 1 amide bonds. The van der Waals surface area contributed by atoms with E-state index in [1.54, 1.807) is 0 Å². The normalized spacial score (nSPS) is 30.9. The van der Waals surface area contributed by atoms with Gasteiger partial charge in [0.25, 0.3) is 0 Å². The minimum absolute atomic E-state index is 0.115. The maximum Gasteiger partial charge on any atom is 0.230 e. The molecule has 2 aromatic carbocycles. The predicted octanol–water partition coefficient (Wildman–Crippen LogP) is 5.42. The fraction of sp³-hybridized carbons (Fsp3) is 0.458. The minimum atomic E-state index is -0.115. The second kappa shape index (κ2) is 6.70. The third-order valence-electron chi connectivity index (χ3n) is 6.86. The van der Waals surface area contributed by atoms with Crippen LogP contribution < -0.4 is 10.1 Å². The Kier molecular flexibility index (Phi) is 4.18. The topological polar surface area (TPSA) is 38.3 Å². The van der Waals surface area contributed by atoms with Crippen LogP contribution in [0.4, 0.5) is 5.69 Å². The number of rotatable bonds is 5. The van der Waals surface area contributed by atoms with Crippen LogP contribution >= 0.6 is 0 Å². The molecule has 0 radical (unpaired) electrons. The number of carbonyl (C=O) groups excluding carboxylic acids is 1. The first-order chi connectivity index (χ1) is 13.2.